The summed E-state index contributed by atoms with van der Waals surface area (Å²) in [6.45, 7) is 4.00. The monoisotopic (exact) mass is 246 g/mol. The molecule has 1 aliphatic rings. The van der Waals surface area contributed by atoms with E-state index < -0.39 is 6.10 Å². The number of nitrogens with zero attached hydrogens (tertiary/aromatic N) is 2. The first-order chi connectivity index (χ1) is 8.79. The molecule has 4 heteroatoms. The lowest BCUT2D eigenvalue weighted by atomic mass is 10.1. The second-order valence-electron chi connectivity index (χ2n) is 4.52. The van der Waals surface area contributed by atoms with E-state index in [1.165, 1.54) is 0 Å². The fourth-order valence-electron chi connectivity index (χ4n) is 2.11. The number of β-amino-alcohol motifs (C(OH)–C–C–N with tert-alkyl or cyclic N) is 1. The van der Waals surface area contributed by atoms with Crippen molar-refractivity contribution in [1.29, 1.82) is 5.26 Å². The predicted molar refractivity (Wildman–Crippen MR) is 68.0 cm³/mol. The number of benzene rings is 1. The van der Waals surface area contributed by atoms with Crippen molar-refractivity contribution in [1.82, 2.24) is 4.90 Å². The predicted octanol–water partition coefficient (Wildman–Crippen LogP) is 1.31. The molecule has 1 N–H and O–H groups in total. The Hall–Kier alpha value is -1.41. The standard InChI is InChI=1S/C14H18N2O2/c15-10-12-2-4-13(5-3-12)14(17)11-16-6-1-8-18-9-7-16/h2-5,14,17H,1,6-9,11H2/t14-/m0/s1. The molecular weight excluding hydrogens is 228 g/mol. The first kappa shape index (κ1) is 13.0. The molecule has 1 fully saturated rings. The molecule has 1 atom stereocenters. The van der Waals surface area contributed by atoms with Crippen molar-refractivity contribution in [3.63, 3.8) is 0 Å². The SMILES string of the molecule is N#Cc1ccc([C@@H](O)CN2CCCOCC2)cc1. The van der Waals surface area contributed by atoms with Crippen molar-refractivity contribution < 1.29 is 9.84 Å². The molecule has 0 aliphatic carbocycles. The van der Waals surface area contributed by atoms with Gasteiger partial charge < -0.3 is 9.84 Å². The quantitative estimate of drug-likeness (QED) is 0.873. The number of ether oxygens (including phenoxy) is 1. The number of hydrogen-bond donors (Lipinski definition) is 1. The second-order valence-corrected chi connectivity index (χ2v) is 4.52. The molecule has 1 aromatic rings. The van der Waals surface area contributed by atoms with Gasteiger partial charge in [-0.15, -0.1) is 0 Å². The summed E-state index contributed by atoms with van der Waals surface area (Å²) < 4.78 is 5.38. The van der Waals surface area contributed by atoms with Gasteiger partial charge in [0, 0.05) is 26.2 Å². The highest BCUT2D eigenvalue weighted by Crippen LogP contribution is 2.15. The smallest absolute Gasteiger partial charge is 0.0991 e. The average Bonchev–Trinajstić information content (AvgIpc) is 2.67. The van der Waals surface area contributed by atoms with Crippen LogP contribution >= 0.6 is 0 Å². The Balaban J connectivity index is 1.93. The molecule has 18 heavy (non-hydrogen) atoms. The van der Waals surface area contributed by atoms with E-state index in [9.17, 15) is 5.11 Å². The highest BCUT2D eigenvalue weighted by atomic mass is 16.5. The van der Waals surface area contributed by atoms with Gasteiger partial charge in [-0.3, -0.25) is 4.90 Å². The van der Waals surface area contributed by atoms with Crippen LogP contribution < -0.4 is 0 Å². The maximum absolute atomic E-state index is 10.2. The van der Waals surface area contributed by atoms with E-state index in [4.69, 9.17) is 10.00 Å². The lowest BCUT2D eigenvalue weighted by molar-refractivity contribution is 0.103. The molecule has 1 aromatic carbocycles. The van der Waals surface area contributed by atoms with Crippen LogP contribution in [-0.4, -0.2) is 42.9 Å². The van der Waals surface area contributed by atoms with Crippen LogP contribution in [0.5, 0.6) is 0 Å². The van der Waals surface area contributed by atoms with E-state index in [0.717, 1.165) is 38.3 Å². The zero-order valence-electron chi connectivity index (χ0n) is 10.4. The Kier molecular flexibility index (Phi) is 4.71. The van der Waals surface area contributed by atoms with Crippen molar-refractivity contribution >= 4 is 0 Å². The van der Waals surface area contributed by atoms with Gasteiger partial charge in [-0.25, -0.2) is 0 Å². The first-order valence-electron chi connectivity index (χ1n) is 6.28. The van der Waals surface area contributed by atoms with Gasteiger partial charge in [0.25, 0.3) is 0 Å². The molecule has 0 saturated carbocycles. The topological polar surface area (TPSA) is 56.5 Å². The fraction of sp³-hybridized carbons (Fsp3) is 0.500. The van der Waals surface area contributed by atoms with Crippen LogP contribution in [0.1, 0.15) is 23.7 Å². The maximum Gasteiger partial charge on any atom is 0.0991 e. The molecule has 0 spiro atoms. The summed E-state index contributed by atoms with van der Waals surface area (Å²) in [6.07, 6.45) is 0.510. The van der Waals surface area contributed by atoms with Crippen molar-refractivity contribution in [2.75, 3.05) is 32.8 Å². The van der Waals surface area contributed by atoms with E-state index in [1.54, 1.807) is 12.1 Å². The van der Waals surface area contributed by atoms with Gasteiger partial charge in [0.1, 0.15) is 0 Å². The molecule has 4 nitrogen and oxygen atoms in total. The third-order valence-corrected chi connectivity index (χ3v) is 3.17. The zero-order chi connectivity index (χ0) is 12.8. The van der Waals surface area contributed by atoms with E-state index in [-0.39, 0.29) is 0 Å². The van der Waals surface area contributed by atoms with E-state index >= 15 is 0 Å². The Morgan fingerprint density at radius 1 is 1.28 bits per heavy atom. The third kappa shape index (κ3) is 3.54. The second kappa shape index (κ2) is 6.50. The summed E-state index contributed by atoms with van der Waals surface area (Å²) in [4.78, 5) is 2.22. The summed E-state index contributed by atoms with van der Waals surface area (Å²) in [7, 11) is 0. The van der Waals surface area contributed by atoms with Gasteiger partial charge in [-0.2, -0.15) is 5.26 Å². The number of aliphatic hydroxyl groups excluding tert-OH is 1. The van der Waals surface area contributed by atoms with Gasteiger partial charge >= 0.3 is 0 Å². The lowest BCUT2D eigenvalue weighted by Crippen LogP contribution is -2.31. The minimum Gasteiger partial charge on any atom is -0.387 e. The van der Waals surface area contributed by atoms with Crippen LogP contribution in [0.3, 0.4) is 0 Å². The number of nitriles is 1. The largest absolute Gasteiger partial charge is 0.387 e. The summed E-state index contributed by atoms with van der Waals surface area (Å²) in [6, 6.07) is 9.19. The summed E-state index contributed by atoms with van der Waals surface area (Å²) in [5, 5.41) is 18.9. The normalized spacial score (nSPS) is 18.9. The van der Waals surface area contributed by atoms with Crippen LogP contribution in [-0.2, 0) is 4.74 Å². The van der Waals surface area contributed by atoms with Gasteiger partial charge in [0.2, 0.25) is 0 Å². The Morgan fingerprint density at radius 3 is 2.78 bits per heavy atom. The molecule has 0 aromatic heterocycles. The average molecular weight is 246 g/mol. The number of aliphatic hydroxyl groups is 1. The molecule has 0 amide bonds. The van der Waals surface area contributed by atoms with Crippen LogP contribution in [0, 0.1) is 11.3 Å². The molecule has 2 rings (SSSR count). The zero-order valence-corrected chi connectivity index (χ0v) is 10.4. The fourth-order valence-corrected chi connectivity index (χ4v) is 2.11. The first-order valence-corrected chi connectivity index (χ1v) is 6.28. The molecule has 1 saturated heterocycles. The van der Waals surface area contributed by atoms with Crippen LogP contribution in [0.25, 0.3) is 0 Å². The van der Waals surface area contributed by atoms with Crippen LogP contribution in [0.15, 0.2) is 24.3 Å². The molecular formula is C14H18N2O2. The molecule has 1 heterocycles. The number of rotatable bonds is 3. The van der Waals surface area contributed by atoms with Gasteiger partial charge in [-0.05, 0) is 24.1 Å². The van der Waals surface area contributed by atoms with Crippen molar-refractivity contribution in [2.24, 2.45) is 0 Å². The summed E-state index contributed by atoms with van der Waals surface area (Å²) in [5.41, 5.74) is 1.48. The minimum atomic E-state index is -0.504. The lowest BCUT2D eigenvalue weighted by Gasteiger charge is -2.22. The maximum atomic E-state index is 10.2. The van der Waals surface area contributed by atoms with Crippen LogP contribution in [0.4, 0.5) is 0 Å². The highest BCUT2D eigenvalue weighted by molar-refractivity contribution is 5.32. The molecule has 0 bridgehead atoms. The number of hydrogen-bond acceptors (Lipinski definition) is 4. The minimum absolute atomic E-state index is 0.504. The Morgan fingerprint density at radius 2 is 2.06 bits per heavy atom. The van der Waals surface area contributed by atoms with E-state index in [2.05, 4.69) is 11.0 Å². The molecule has 0 radical (unpaired) electrons. The van der Waals surface area contributed by atoms with Crippen molar-refractivity contribution in [2.45, 2.75) is 12.5 Å². The van der Waals surface area contributed by atoms with Crippen LogP contribution in [0.2, 0.25) is 0 Å². The van der Waals surface area contributed by atoms with E-state index in [0.29, 0.717) is 12.1 Å². The van der Waals surface area contributed by atoms with Crippen molar-refractivity contribution in [3.8, 4) is 6.07 Å². The van der Waals surface area contributed by atoms with Gasteiger partial charge in [0.05, 0.1) is 24.3 Å². The third-order valence-electron chi connectivity index (χ3n) is 3.17. The summed E-state index contributed by atoms with van der Waals surface area (Å²) >= 11 is 0. The molecule has 0 unspecified atom stereocenters. The Bertz CT molecular complexity index is 403. The molecule has 96 valence electrons. The Labute approximate surface area is 107 Å². The highest BCUT2D eigenvalue weighted by Gasteiger charge is 2.15. The van der Waals surface area contributed by atoms with E-state index in [1.807, 2.05) is 12.1 Å². The van der Waals surface area contributed by atoms with Gasteiger partial charge in [0.15, 0.2) is 0 Å². The van der Waals surface area contributed by atoms with Crippen molar-refractivity contribution in [3.05, 3.63) is 35.4 Å². The molecule has 1 aliphatic heterocycles. The summed E-state index contributed by atoms with van der Waals surface area (Å²) in [5.74, 6) is 0. The van der Waals surface area contributed by atoms with Gasteiger partial charge in [-0.1, -0.05) is 12.1 Å².